The smallest absolute Gasteiger partial charge is 0.248 e. The second-order valence-electron chi connectivity index (χ2n) is 2.06. The summed E-state index contributed by atoms with van der Waals surface area (Å²) in [5.41, 5.74) is 0. The van der Waals surface area contributed by atoms with E-state index < -0.39 is 6.35 Å². The first-order valence-electron chi connectivity index (χ1n) is 3.10. The molecule has 60 valence electrons. The van der Waals surface area contributed by atoms with Gasteiger partial charge in [0.1, 0.15) is 6.29 Å². The Morgan fingerprint density at radius 1 is 1.82 bits per heavy atom. The maximum Gasteiger partial charge on any atom is 0.248 e. The quantitative estimate of drug-likeness (QED) is 0.473. The van der Waals surface area contributed by atoms with Gasteiger partial charge >= 0.3 is 0 Å². The highest BCUT2D eigenvalue weighted by atomic mass is 16.3. The zero-order valence-corrected chi connectivity index (χ0v) is 5.73. The van der Waals surface area contributed by atoms with Gasteiger partial charge in [-0.3, -0.25) is 4.79 Å². The van der Waals surface area contributed by atoms with Crippen LogP contribution in [0.3, 0.4) is 0 Å². The van der Waals surface area contributed by atoms with Crippen molar-refractivity contribution in [2.75, 3.05) is 6.54 Å². The summed E-state index contributed by atoms with van der Waals surface area (Å²) in [4.78, 5) is 21.9. The first-order chi connectivity index (χ1) is 5.24. The van der Waals surface area contributed by atoms with Gasteiger partial charge < -0.3 is 20.1 Å². The van der Waals surface area contributed by atoms with Crippen LogP contribution in [-0.2, 0) is 9.59 Å². The van der Waals surface area contributed by atoms with E-state index in [0.29, 0.717) is 6.29 Å². The number of carbonyl (C=O) groups is 2. The molecule has 0 aromatic rings. The van der Waals surface area contributed by atoms with Gasteiger partial charge in [-0.15, -0.1) is 0 Å². The van der Waals surface area contributed by atoms with Crippen LogP contribution in [0, 0.1) is 0 Å². The summed E-state index contributed by atoms with van der Waals surface area (Å²) in [6.07, 6.45) is 2.18. The highest BCUT2D eigenvalue weighted by Gasteiger charge is 2.16. The number of carbonyl (C=O) groups excluding carboxylic acids is 2. The molecule has 0 radical (unpaired) electrons. The maximum atomic E-state index is 10.6. The fourth-order valence-corrected chi connectivity index (χ4v) is 0.750. The third-order valence-electron chi connectivity index (χ3n) is 1.29. The number of amides is 1. The average molecular weight is 156 g/mol. The fourth-order valence-electron chi connectivity index (χ4n) is 0.750. The van der Waals surface area contributed by atoms with E-state index in [9.17, 15) is 9.59 Å². The summed E-state index contributed by atoms with van der Waals surface area (Å²) >= 11 is 0. The van der Waals surface area contributed by atoms with Crippen LogP contribution in [0.1, 0.15) is 0 Å². The van der Waals surface area contributed by atoms with Crippen molar-refractivity contribution in [3.63, 3.8) is 0 Å². The zero-order chi connectivity index (χ0) is 8.27. The molecular weight excluding hydrogens is 148 g/mol. The SMILES string of the molecule is O=CCN1C=CC(=O)NC1O. The summed E-state index contributed by atoms with van der Waals surface area (Å²) in [7, 11) is 0. The molecule has 0 fully saturated rings. The van der Waals surface area contributed by atoms with Gasteiger partial charge in [0.2, 0.25) is 12.3 Å². The van der Waals surface area contributed by atoms with Crippen LogP contribution in [0.5, 0.6) is 0 Å². The number of nitrogens with one attached hydrogen (secondary N) is 1. The first-order valence-corrected chi connectivity index (χ1v) is 3.10. The lowest BCUT2D eigenvalue weighted by molar-refractivity contribution is -0.126. The third-order valence-corrected chi connectivity index (χ3v) is 1.29. The van der Waals surface area contributed by atoms with Crippen molar-refractivity contribution >= 4 is 12.2 Å². The Hall–Kier alpha value is -1.36. The standard InChI is InChI=1S/C6H8N2O3/c9-4-3-8-2-1-5(10)7-6(8)11/h1-2,4,6,11H,3H2,(H,7,10). The Labute approximate surface area is 63.3 Å². The molecule has 1 aliphatic heterocycles. The first kappa shape index (κ1) is 7.74. The molecular formula is C6H8N2O3. The molecule has 0 bridgehead atoms. The Kier molecular flexibility index (Phi) is 2.22. The molecule has 1 heterocycles. The van der Waals surface area contributed by atoms with E-state index in [0.717, 1.165) is 0 Å². The highest BCUT2D eigenvalue weighted by molar-refractivity contribution is 5.88. The largest absolute Gasteiger partial charge is 0.356 e. The Morgan fingerprint density at radius 2 is 2.55 bits per heavy atom. The minimum atomic E-state index is -1.09. The van der Waals surface area contributed by atoms with Crippen molar-refractivity contribution in [1.82, 2.24) is 10.2 Å². The van der Waals surface area contributed by atoms with Crippen LogP contribution < -0.4 is 5.32 Å². The Morgan fingerprint density at radius 3 is 3.09 bits per heavy atom. The number of aldehydes is 1. The molecule has 0 aliphatic carbocycles. The van der Waals surface area contributed by atoms with Gasteiger partial charge in [-0.05, 0) is 0 Å². The lowest BCUT2D eigenvalue weighted by atomic mass is 10.4. The number of hydrogen-bond acceptors (Lipinski definition) is 4. The van der Waals surface area contributed by atoms with Crippen LogP contribution in [0.2, 0.25) is 0 Å². The molecule has 1 atom stereocenters. The molecule has 0 aromatic carbocycles. The Bertz CT molecular complexity index is 202. The molecule has 5 heteroatoms. The molecule has 0 spiro atoms. The number of rotatable bonds is 2. The van der Waals surface area contributed by atoms with Crippen LogP contribution in [0.15, 0.2) is 12.3 Å². The predicted octanol–water partition coefficient (Wildman–Crippen LogP) is -1.59. The highest BCUT2D eigenvalue weighted by Crippen LogP contribution is 1.98. The van der Waals surface area contributed by atoms with Gasteiger partial charge in [0.25, 0.3) is 0 Å². The van der Waals surface area contributed by atoms with Crippen molar-refractivity contribution in [1.29, 1.82) is 0 Å². The van der Waals surface area contributed by atoms with Crippen molar-refractivity contribution in [2.24, 2.45) is 0 Å². The van der Waals surface area contributed by atoms with Crippen LogP contribution in [0.4, 0.5) is 0 Å². The summed E-state index contributed by atoms with van der Waals surface area (Å²) in [5, 5.41) is 11.3. The van der Waals surface area contributed by atoms with Gasteiger partial charge in [-0.1, -0.05) is 0 Å². The molecule has 1 rings (SSSR count). The van der Waals surface area contributed by atoms with Gasteiger partial charge in [0, 0.05) is 12.3 Å². The summed E-state index contributed by atoms with van der Waals surface area (Å²) < 4.78 is 0. The lowest BCUT2D eigenvalue weighted by Gasteiger charge is -2.27. The van der Waals surface area contributed by atoms with E-state index in [1.165, 1.54) is 17.2 Å². The minimum absolute atomic E-state index is 0.0674. The molecule has 1 aliphatic rings. The fraction of sp³-hybridized carbons (Fsp3) is 0.333. The topological polar surface area (TPSA) is 69.6 Å². The minimum Gasteiger partial charge on any atom is -0.356 e. The van der Waals surface area contributed by atoms with E-state index in [1.54, 1.807) is 0 Å². The third kappa shape index (κ3) is 1.78. The molecule has 5 nitrogen and oxygen atoms in total. The van der Waals surface area contributed by atoms with Crippen molar-refractivity contribution < 1.29 is 14.7 Å². The van der Waals surface area contributed by atoms with Gasteiger partial charge in [0.05, 0.1) is 6.54 Å². The monoisotopic (exact) mass is 156 g/mol. The van der Waals surface area contributed by atoms with E-state index in [4.69, 9.17) is 5.11 Å². The van der Waals surface area contributed by atoms with E-state index >= 15 is 0 Å². The lowest BCUT2D eigenvalue weighted by Crippen LogP contribution is -2.48. The van der Waals surface area contributed by atoms with Gasteiger partial charge in [0.15, 0.2) is 0 Å². The Balaban J connectivity index is 2.60. The van der Waals surface area contributed by atoms with E-state index in [1.807, 2.05) is 0 Å². The summed E-state index contributed by atoms with van der Waals surface area (Å²) in [5.74, 6) is -0.361. The predicted molar refractivity (Wildman–Crippen MR) is 36.1 cm³/mol. The van der Waals surface area contributed by atoms with Crippen LogP contribution in [-0.4, -0.2) is 35.1 Å². The zero-order valence-electron chi connectivity index (χ0n) is 5.73. The average Bonchev–Trinajstić information content (AvgIpc) is 1.95. The number of nitrogens with zero attached hydrogens (tertiary/aromatic N) is 1. The van der Waals surface area contributed by atoms with Crippen molar-refractivity contribution in [2.45, 2.75) is 6.35 Å². The molecule has 1 unspecified atom stereocenters. The number of aliphatic hydroxyl groups excluding tert-OH is 1. The molecule has 0 saturated carbocycles. The second kappa shape index (κ2) is 3.16. The number of aliphatic hydroxyl groups is 1. The van der Waals surface area contributed by atoms with E-state index in [-0.39, 0.29) is 12.5 Å². The van der Waals surface area contributed by atoms with Crippen molar-refractivity contribution in [3.05, 3.63) is 12.3 Å². The van der Waals surface area contributed by atoms with Gasteiger partial charge in [-0.25, -0.2) is 0 Å². The summed E-state index contributed by atoms with van der Waals surface area (Å²) in [6.45, 7) is 0.0674. The number of hydrogen-bond donors (Lipinski definition) is 2. The molecule has 2 N–H and O–H groups in total. The molecule has 0 saturated heterocycles. The van der Waals surface area contributed by atoms with Crippen molar-refractivity contribution in [3.8, 4) is 0 Å². The molecule has 11 heavy (non-hydrogen) atoms. The molecule has 1 amide bonds. The van der Waals surface area contributed by atoms with Crippen LogP contribution >= 0.6 is 0 Å². The molecule has 0 aromatic heterocycles. The maximum absolute atomic E-state index is 10.6. The normalized spacial score (nSPS) is 23.2. The van der Waals surface area contributed by atoms with E-state index in [2.05, 4.69) is 5.32 Å². The van der Waals surface area contributed by atoms with Crippen LogP contribution in [0.25, 0.3) is 0 Å². The van der Waals surface area contributed by atoms with Gasteiger partial charge in [-0.2, -0.15) is 0 Å². The second-order valence-corrected chi connectivity index (χ2v) is 2.06. The summed E-state index contributed by atoms with van der Waals surface area (Å²) in [6, 6.07) is 0.